The van der Waals surface area contributed by atoms with Gasteiger partial charge >= 0.3 is 0 Å². The Kier molecular flexibility index (Phi) is 8.18. The molecule has 0 spiro atoms. The average Bonchev–Trinajstić information content (AvgIpc) is 3.88. The van der Waals surface area contributed by atoms with Gasteiger partial charge in [-0.1, -0.05) is 45.0 Å². The molecule has 46 heavy (non-hydrogen) atoms. The van der Waals surface area contributed by atoms with E-state index >= 15 is 0 Å². The molecule has 0 bridgehead atoms. The van der Waals surface area contributed by atoms with Gasteiger partial charge in [-0.3, -0.25) is 19.1 Å². The molecule has 3 aliphatic rings. The number of amides is 3. The van der Waals surface area contributed by atoms with Gasteiger partial charge in [-0.15, -0.1) is 17.9 Å². The monoisotopic (exact) mass is 667 g/mol. The third-order valence-electron chi connectivity index (χ3n) is 8.72. The Labute approximate surface area is 271 Å². The lowest BCUT2D eigenvalue weighted by Crippen LogP contribution is -2.57. The Morgan fingerprint density at radius 3 is 2.43 bits per heavy atom. The van der Waals surface area contributed by atoms with Gasteiger partial charge in [-0.2, -0.15) is 0 Å². The quantitative estimate of drug-likeness (QED) is 0.276. The molecule has 3 fully saturated rings. The Morgan fingerprint density at radius 2 is 1.85 bits per heavy atom. The standard InChI is InChI=1S/C32H37N5O7S2/c1-5-18-16-32(18,30(41)36-46(42,43)20-12-13-20)35-27(39)23-15-19(17-37(23)29(40)26(38)31(2,3)4)44-28-25(24-11-8-14-45-24)33-21-9-6-7-10-22(21)34-28/h5-11,14,18-20,23,26,38H,1,12-13,15-17H2,2-4H3,(H,35,39)(H,36,41)/t18-,19-,23+,26-,32-/m1/s1. The number of thiophene rings is 1. The number of ether oxygens (including phenoxy) is 1. The summed E-state index contributed by atoms with van der Waals surface area (Å²) < 4.78 is 33.7. The molecule has 244 valence electrons. The highest BCUT2D eigenvalue weighted by Crippen LogP contribution is 2.45. The molecular weight excluding hydrogens is 631 g/mol. The highest BCUT2D eigenvalue weighted by Gasteiger charge is 2.62. The number of fused-ring (bicyclic) bond motifs is 1. The number of nitrogens with one attached hydrogen (secondary N) is 2. The first kappa shape index (κ1) is 32.1. The molecule has 3 N–H and O–H groups in total. The molecule has 1 saturated heterocycles. The van der Waals surface area contributed by atoms with Gasteiger partial charge in [0.05, 0.1) is 27.7 Å². The summed E-state index contributed by atoms with van der Waals surface area (Å²) in [7, 11) is -3.86. The van der Waals surface area contributed by atoms with E-state index in [0.717, 1.165) is 4.88 Å². The molecule has 0 radical (unpaired) electrons. The Morgan fingerprint density at radius 1 is 1.15 bits per heavy atom. The van der Waals surface area contributed by atoms with Crippen LogP contribution < -0.4 is 14.8 Å². The van der Waals surface area contributed by atoms with Gasteiger partial charge in [0.15, 0.2) is 0 Å². The average molecular weight is 668 g/mol. The number of aliphatic hydroxyl groups is 1. The Hall–Kier alpha value is -3.88. The third-order valence-corrected chi connectivity index (χ3v) is 11.4. The second-order valence-corrected chi connectivity index (χ2v) is 16.2. The van der Waals surface area contributed by atoms with Crippen LogP contribution >= 0.6 is 11.3 Å². The van der Waals surface area contributed by atoms with Crippen LogP contribution in [0.3, 0.4) is 0 Å². The number of aliphatic hydroxyl groups excluding tert-OH is 1. The van der Waals surface area contributed by atoms with Crippen LogP contribution in [-0.4, -0.2) is 81.7 Å². The fourth-order valence-electron chi connectivity index (χ4n) is 5.72. The van der Waals surface area contributed by atoms with E-state index in [9.17, 15) is 27.9 Å². The molecule has 12 nitrogen and oxygen atoms in total. The van der Waals surface area contributed by atoms with E-state index in [1.165, 1.54) is 22.3 Å². The second kappa shape index (κ2) is 11.7. The maximum atomic E-state index is 14.0. The number of para-hydroxylation sites is 2. The molecular formula is C32H37N5O7S2. The molecule has 5 atom stereocenters. The minimum Gasteiger partial charge on any atom is -0.471 e. The van der Waals surface area contributed by atoms with Gasteiger partial charge < -0.3 is 20.1 Å². The predicted octanol–water partition coefficient (Wildman–Crippen LogP) is 2.78. The molecule has 2 saturated carbocycles. The van der Waals surface area contributed by atoms with Crippen molar-refractivity contribution in [1.29, 1.82) is 0 Å². The first-order valence-electron chi connectivity index (χ1n) is 15.2. The van der Waals surface area contributed by atoms with Crippen molar-refractivity contribution in [2.24, 2.45) is 11.3 Å². The summed E-state index contributed by atoms with van der Waals surface area (Å²) in [6.45, 7) is 8.84. The largest absolute Gasteiger partial charge is 0.471 e. The molecule has 6 rings (SSSR count). The van der Waals surface area contributed by atoms with E-state index in [1.807, 2.05) is 41.8 Å². The van der Waals surface area contributed by atoms with Gasteiger partial charge in [-0.05, 0) is 48.3 Å². The highest BCUT2D eigenvalue weighted by molar-refractivity contribution is 7.91. The number of sulfonamides is 1. The molecule has 1 aliphatic heterocycles. The molecule has 0 unspecified atom stereocenters. The normalized spacial score (nSPS) is 25.1. The zero-order valence-electron chi connectivity index (χ0n) is 25.8. The van der Waals surface area contributed by atoms with Crippen LogP contribution in [0.15, 0.2) is 54.4 Å². The van der Waals surface area contributed by atoms with E-state index in [-0.39, 0.29) is 25.3 Å². The number of hydrogen-bond acceptors (Lipinski definition) is 10. The van der Waals surface area contributed by atoms with Crippen molar-refractivity contribution in [3.63, 3.8) is 0 Å². The number of benzene rings is 1. The van der Waals surface area contributed by atoms with Crippen LogP contribution in [0.2, 0.25) is 0 Å². The fraction of sp³-hybridized carbons (Fsp3) is 0.469. The summed E-state index contributed by atoms with van der Waals surface area (Å²) in [4.78, 5) is 52.5. The van der Waals surface area contributed by atoms with Crippen molar-refractivity contribution < 1.29 is 32.6 Å². The summed E-state index contributed by atoms with van der Waals surface area (Å²) in [6.07, 6.45) is 0.501. The number of rotatable bonds is 10. The van der Waals surface area contributed by atoms with Crippen LogP contribution in [0.25, 0.3) is 21.6 Å². The van der Waals surface area contributed by atoms with Crippen LogP contribution in [0.4, 0.5) is 0 Å². The Bertz CT molecular complexity index is 1800. The van der Waals surface area contributed by atoms with Crippen molar-refractivity contribution in [2.75, 3.05) is 6.54 Å². The van der Waals surface area contributed by atoms with E-state index in [0.29, 0.717) is 29.6 Å². The van der Waals surface area contributed by atoms with E-state index < -0.39 is 68.1 Å². The number of carbonyl (C=O) groups excluding carboxylic acids is 3. The van der Waals surface area contributed by atoms with Crippen LogP contribution in [0.5, 0.6) is 5.88 Å². The topological polar surface area (TPSA) is 168 Å². The first-order chi connectivity index (χ1) is 21.7. The molecule has 3 heterocycles. The van der Waals surface area contributed by atoms with E-state index in [4.69, 9.17) is 14.7 Å². The summed E-state index contributed by atoms with van der Waals surface area (Å²) in [5, 5.41) is 15.0. The zero-order valence-corrected chi connectivity index (χ0v) is 27.4. The number of nitrogens with zero attached hydrogens (tertiary/aromatic N) is 3. The van der Waals surface area contributed by atoms with Gasteiger partial charge in [0, 0.05) is 12.3 Å². The maximum Gasteiger partial charge on any atom is 0.259 e. The van der Waals surface area contributed by atoms with Gasteiger partial charge in [-0.25, -0.2) is 18.4 Å². The fourth-order valence-corrected chi connectivity index (χ4v) is 7.79. The molecule has 3 amide bonds. The summed E-state index contributed by atoms with van der Waals surface area (Å²) in [5.74, 6) is -2.40. The molecule has 14 heteroatoms. The van der Waals surface area contributed by atoms with Crippen molar-refractivity contribution in [3.8, 4) is 16.5 Å². The van der Waals surface area contributed by atoms with E-state index in [2.05, 4.69) is 16.6 Å². The number of carbonyl (C=O) groups is 3. The van der Waals surface area contributed by atoms with Gasteiger partial charge in [0.2, 0.25) is 21.8 Å². The van der Waals surface area contributed by atoms with Crippen molar-refractivity contribution in [1.82, 2.24) is 24.9 Å². The summed E-state index contributed by atoms with van der Waals surface area (Å²) in [5.41, 5.74) is -0.531. The summed E-state index contributed by atoms with van der Waals surface area (Å²) in [6, 6.07) is 10.0. The van der Waals surface area contributed by atoms with Crippen molar-refractivity contribution >= 4 is 50.1 Å². The smallest absolute Gasteiger partial charge is 0.259 e. The van der Waals surface area contributed by atoms with Crippen molar-refractivity contribution in [3.05, 3.63) is 54.4 Å². The minimum absolute atomic E-state index is 0.0314. The first-order valence-corrected chi connectivity index (χ1v) is 17.6. The van der Waals surface area contributed by atoms with Crippen LogP contribution in [0, 0.1) is 11.3 Å². The zero-order chi connectivity index (χ0) is 33.0. The van der Waals surface area contributed by atoms with E-state index in [1.54, 1.807) is 20.8 Å². The summed E-state index contributed by atoms with van der Waals surface area (Å²) >= 11 is 1.47. The molecule has 2 aromatic heterocycles. The lowest BCUT2D eigenvalue weighted by atomic mass is 9.88. The molecule has 3 aromatic rings. The Balaban J connectivity index is 1.29. The highest BCUT2D eigenvalue weighted by atomic mass is 32.2. The predicted molar refractivity (Wildman–Crippen MR) is 172 cm³/mol. The van der Waals surface area contributed by atoms with Gasteiger partial charge in [0.1, 0.15) is 29.5 Å². The lowest BCUT2D eigenvalue weighted by Gasteiger charge is -2.32. The number of likely N-dealkylation sites (tertiary alicyclic amines) is 1. The third kappa shape index (κ3) is 6.13. The lowest BCUT2D eigenvalue weighted by molar-refractivity contribution is -0.150. The molecule has 2 aliphatic carbocycles. The minimum atomic E-state index is -3.86. The number of aromatic nitrogens is 2. The molecule has 1 aromatic carbocycles. The second-order valence-electron chi connectivity index (χ2n) is 13.3. The van der Waals surface area contributed by atoms with Crippen LogP contribution in [0.1, 0.15) is 46.5 Å². The van der Waals surface area contributed by atoms with Crippen LogP contribution in [-0.2, 0) is 24.4 Å². The van der Waals surface area contributed by atoms with Crippen molar-refractivity contribution in [2.45, 2.75) is 75.5 Å². The maximum absolute atomic E-state index is 14.0. The van der Waals surface area contributed by atoms with Gasteiger partial charge in [0.25, 0.3) is 11.8 Å². The number of hydrogen-bond donors (Lipinski definition) is 3. The SMILES string of the molecule is C=C[C@@H]1C[C@]1(NC(=O)[C@@H]1C[C@@H](Oc2nc3ccccc3nc2-c2cccs2)CN1C(=O)[C@@H](O)C(C)(C)C)C(=O)NS(=O)(=O)C1CC1.